The predicted molar refractivity (Wildman–Crippen MR) is 133 cm³/mol. The molecule has 0 aliphatic carbocycles. The Morgan fingerprint density at radius 3 is 2.14 bits per heavy atom. The van der Waals surface area contributed by atoms with Crippen LogP contribution in [0.4, 0.5) is 0 Å². The van der Waals surface area contributed by atoms with Gasteiger partial charge in [-0.05, 0) is 44.4 Å². The van der Waals surface area contributed by atoms with Crippen molar-refractivity contribution in [3.63, 3.8) is 0 Å². The molecule has 194 valence electrons. The number of esters is 1. The number of aryl methyl sites for hydroxylation is 2. The van der Waals surface area contributed by atoms with Crippen molar-refractivity contribution in [2.24, 2.45) is 0 Å². The Balaban J connectivity index is 1.67. The van der Waals surface area contributed by atoms with Gasteiger partial charge >= 0.3 is 11.7 Å². The van der Waals surface area contributed by atoms with E-state index < -0.39 is 11.6 Å². The maximum absolute atomic E-state index is 12.5. The molecule has 0 fully saturated rings. The van der Waals surface area contributed by atoms with Gasteiger partial charge in [-0.25, -0.2) is 14.7 Å². The van der Waals surface area contributed by atoms with E-state index in [1.54, 1.807) is 51.9 Å². The number of hydrogen-bond acceptors (Lipinski definition) is 8. The Bertz CT molecular complexity index is 1200. The summed E-state index contributed by atoms with van der Waals surface area (Å²) in [4.78, 5) is 24.3. The van der Waals surface area contributed by atoms with E-state index in [0.29, 0.717) is 35.2 Å². The van der Waals surface area contributed by atoms with Crippen molar-refractivity contribution in [2.75, 3.05) is 28.4 Å². The van der Waals surface area contributed by atoms with Crippen molar-refractivity contribution in [3.8, 4) is 23.0 Å². The second kappa shape index (κ2) is 11.7. The second-order valence-corrected chi connectivity index (χ2v) is 8.64. The highest BCUT2D eigenvalue weighted by Crippen LogP contribution is 2.34. The number of hydrogen-bond donors (Lipinski definition) is 1. The first-order chi connectivity index (χ1) is 17.2. The number of aromatic amines is 1. The molecule has 3 aromatic rings. The minimum atomic E-state index is -1.07. The average Bonchev–Trinajstić information content (AvgIpc) is 3.23. The summed E-state index contributed by atoms with van der Waals surface area (Å²) in [7, 11) is 6.02. The standard InChI is InChI=1S/C26H33N3O7/c1-26(2,24(30)35-6)36-18-12-10-17(11-13-18)8-7-9-23-27-28-25(31)29(23)16-20-21(33-4)14-19(32-3)15-22(20)34-5/h10-15H,7-9,16H2,1-6H3,(H,28,31). The highest BCUT2D eigenvalue weighted by atomic mass is 16.6. The molecule has 3 rings (SSSR count). The SMILES string of the molecule is COC(=O)C(C)(C)Oc1ccc(CCCc2n[nH]c(=O)n2Cc2c(OC)cc(OC)cc2OC)cc1. The van der Waals surface area contributed by atoms with Crippen LogP contribution in [-0.2, 0) is 28.9 Å². The number of rotatable bonds is 12. The van der Waals surface area contributed by atoms with Crippen molar-refractivity contribution in [3.05, 3.63) is 63.8 Å². The number of ether oxygens (including phenoxy) is 5. The fourth-order valence-corrected chi connectivity index (χ4v) is 3.85. The van der Waals surface area contributed by atoms with Crippen molar-refractivity contribution in [2.45, 2.75) is 45.3 Å². The Labute approximate surface area is 210 Å². The summed E-state index contributed by atoms with van der Waals surface area (Å²) in [5.74, 6) is 2.49. The number of aromatic nitrogens is 3. The minimum absolute atomic E-state index is 0.239. The molecule has 1 aromatic heterocycles. The van der Waals surface area contributed by atoms with Gasteiger partial charge in [0.15, 0.2) is 5.60 Å². The van der Waals surface area contributed by atoms with Crippen LogP contribution in [0.25, 0.3) is 0 Å². The van der Waals surface area contributed by atoms with Crippen LogP contribution in [0.1, 0.15) is 37.2 Å². The average molecular weight is 500 g/mol. The Morgan fingerprint density at radius 1 is 0.944 bits per heavy atom. The van der Waals surface area contributed by atoms with Gasteiger partial charge in [-0.3, -0.25) is 4.57 Å². The van der Waals surface area contributed by atoms with Gasteiger partial charge in [0.2, 0.25) is 0 Å². The number of nitrogens with zero attached hydrogens (tertiary/aromatic N) is 2. The number of methoxy groups -OCH3 is 4. The summed E-state index contributed by atoms with van der Waals surface area (Å²) >= 11 is 0. The molecule has 1 N–H and O–H groups in total. The van der Waals surface area contributed by atoms with Gasteiger partial charge in [0.1, 0.15) is 28.8 Å². The summed E-state index contributed by atoms with van der Waals surface area (Å²) < 4.78 is 28.4. The van der Waals surface area contributed by atoms with E-state index in [1.165, 1.54) is 7.11 Å². The van der Waals surface area contributed by atoms with Gasteiger partial charge in [0, 0.05) is 18.6 Å². The fourth-order valence-electron chi connectivity index (χ4n) is 3.85. The molecule has 0 aliphatic heterocycles. The third kappa shape index (κ3) is 6.18. The van der Waals surface area contributed by atoms with Gasteiger partial charge in [0.25, 0.3) is 0 Å². The van der Waals surface area contributed by atoms with E-state index >= 15 is 0 Å². The zero-order valence-corrected chi connectivity index (χ0v) is 21.5. The number of H-pyrrole nitrogens is 1. The fraction of sp³-hybridized carbons (Fsp3) is 0.423. The number of carbonyl (C=O) groups excluding carboxylic acids is 1. The van der Waals surface area contributed by atoms with Gasteiger partial charge in [0.05, 0.1) is 40.5 Å². The molecule has 0 aliphatic rings. The molecule has 0 radical (unpaired) electrons. The van der Waals surface area contributed by atoms with Gasteiger partial charge in [-0.2, -0.15) is 5.10 Å². The monoisotopic (exact) mass is 499 g/mol. The molecule has 0 amide bonds. The van der Waals surface area contributed by atoms with E-state index in [9.17, 15) is 9.59 Å². The molecule has 0 saturated carbocycles. The molecular formula is C26H33N3O7. The van der Waals surface area contributed by atoms with Crippen molar-refractivity contribution < 1.29 is 28.5 Å². The molecule has 0 bridgehead atoms. The van der Waals surface area contributed by atoms with Crippen LogP contribution in [0, 0.1) is 0 Å². The number of nitrogens with one attached hydrogen (secondary N) is 1. The molecule has 1 heterocycles. The molecule has 0 atom stereocenters. The van der Waals surface area contributed by atoms with E-state index in [2.05, 4.69) is 10.2 Å². The highest BCUT2D eigenvalue weighted by Gasteiger charge is 2.31. The summed E-state index contributed by atoms with van der Waals surface area (Å²) in [5, 5.41) is 6.77. The maximum Gasteiger partial charge on any atom is 0.349 e. The van der Waals surface area contributed by atoms with Crippen molar-refractivity contribution in [1.29, 1.82) is 0 Å². The molecule has 0 spiro atoms. The molecule has 0 saturated heterocycles. The summed E-state index contributed by atoms with van der Waals surface area (Å²) in [6, 6.07) is 11.1. The normalized spacial score (nSPS) is 11.2. The minimum Gasteiger partial charge on any atom is -0.496 e. The van der Waals surface area contributed by atoms with Crippen LogP contribution in [0.3, 0.4) is 0 Å². The Morgan fingerprint density at radius 2 is 1.58 bits per heavy atom. The Kier molecular flexibility index (Phi) is 8.63. The van der Waals surface area contributed by atoms with E-state index in [4.69, 9.17) is 23.7 Å². The first-order valence-corrected chi connectivity index (χ1v) is 11.5. The zero-order chi connectivity index (χ0) is 26.3. The van der Waals surface area contributed by atoms with Crippen LogP contribution in [0.15, 0.2) is 41.2 Å². The second-order valence-electron chi connectivity index (χ2n) is 8.64. The van der Waals surface area contributed by atoms with E-state index in [-0.39, 0.29) is 12.2 Å². The lowest BCUT2D eigenvalue weighted by Crippen LogP contribution is -2.39. The summed E-state index contributed by atoms with van der Waals surface area (Å²) in [6.45, 7) is 3.56. The topological polar surface area (TPSA) is 114 Å². The Hall–Kier alpha value is -3.95. The van der Waals surface area contributed by atoms with E-state index in [1.807, 2.05) is 24.3 Å². The first-order valence-electron chi connectivity index (χ1n) is 11.5. The molecule has 2 aromatic carbocycles. The van der Waals surface area contributed by atoms with Crippen molar-refractivity contribution >= 4 is 5.97 Å². The zero-order valence-electron chi connectivity index (χ0n) is 21.5. The highest BCUT2D eigenvalue weighted by molar-refractivity contribution is 5.78. The molecule has 36 heavy (non-hydrogen) atoms. The van der Waals surface area contributed by atoms with Crippen molar-refractivity contribution in [1.82, 2.24) is 14.8 Å². The molecule has 0 unspecified atom stereocenters. The van der Waals surface area contributed by atoms with Gasteiger partial charge in [-0.15, -0.1) is 0 Å². The van der Waals surface area contributed by atoms with Crippen LogP contribution in [-0.4, -0.2) is 54.8 Å². The van der Waals surface area contributed by atoms with Gasteiger partial charge in [-0.1, -0.05) is 12.1 Å². The van der Waals surface area contributed by atoms with Crippen LogP contribution < -0.4 is 24.6 Å². The maximum atomic E-state index is 12.5. The lowest BCUT2D eigenvalue weighted by atomic mass is 10.1. The van der Waals surface area contributed by atoms with Crippen LogP contribution in [0.2, 0.25) is 0 Å². The quantitative estimate of drug-likeness (QED) is 0.378. The third-order valence-electron chi connectivity index (χ3n) is 5.81. The molecule has 10 heteroatoms. The van der Waals surface area contributed by atoms with Crippen LogP contribution >= 0.6 is 0 Å². The summed E-state index contributed by atoms with van der Waals surface area (Å²) in [6.07, 6.45) is 2.14. The first kappa shape index (κ1) is 26.7. The smallest absolute Gasteiger partial charge is 0.349 e. The molecule has 10 nitrogen and oxygen atoms in total. The summed E-state index contributed by atoms with van der Waals surface area (Å²) in [5.41, 5.74) is 0.437. The number of carbonyl (C=O) groups is 1. The molecular weight excluding hydrogens is 466 g/mol. The third-order valence-corrected chi connectivity index (χ3v) is 5.81. The number of benzene rings is 2. The van der Waals surface area contributed by atoms with E-state index in [0.717, 1.165) is 24.0 Å². The lowest BCUT2D eigenvalue weighted by molar-refractivity contribution is -0.156. The van der Waals surface area contributed by atoms with Crippen LogP contribution in [0.5, 0.6) is 23.0 Å². The largest absolute Gasteiger partial charge is 0.496 e. The van der Waals surface area contributed by atoms with Gasteiger partial charge < -0.3 is 23.7 Å². The predicted octanol–water partition coefficient (Wildman–Crippen LogP) is 3.15. The lowest BCUT2D eigenvalue weighted by Gasteiger charge is -2.23.